The van der Waals surface area contributed by atoms with E-state index in [4.69, 9.17) is 0 Å². The number of hydrogen-bond donors (Lipinski definition) is 2. The first-order valence-electron chi connectivity index (χ1n) is 11.7. The monoisotopic (exact) mass is 510 g/mol. The molecule has 2 nitrogen and oxygen atoms in total. The Balaban J connectivity index is 1.64. The number of aromatic hydroxyl groups is 2. The number of benzene rings is 6. The normalized spacial score (nSPS) is 11.4. The molecule has 0 bridgehead atoms. The van der Waals surface area contributed by atoms with Gasteiger partial charge in [-0.25, -0.2) is 17.6 Å². The van der Waals surface area contributed by atoms with Gasteiger partial charge in [0.25, 0.3) is 0 Å². The van der Waals surface area contributed by atoms with Crippen LogP contribution in [0.3, 0.4) is 0 Å². The zero-order chi connectivity index (χ0) is 26.6. The van der Waals surface area contributed by atoms with Crippen molar-refractivity contribution in [3.8, 4) is 44.9 Å². The maximum Gasteiger partial charge on any atom is 0.126 e. The molecule has 0 heterocycles. The third-order valence-corrected chi connectivity index (χ3v) is 6.64. The third-order valence-electron chi connectivity index (χ3n) is 6.64. The van der Waals surface area contributed by atoms with Crippen molar-refractivity contribution in [3.63, 3.8) is 0 Å². The van der Waals surface area contributed by atoms with Crippen molar-refractivity contribution >= 4 is 21.5 Å². The third kappa shape index (κ3) is 4.10. The van der Waals surface area contributed by atoms with Crippen molar-refractivity contribution in [2.75, 3.05) is 0 Å². The highest BCUT2D eigenvalue weighted by Gasteiger charge is 2.18. The van der Waals surface area contributed by atoms with Gasteiger partial charge in [-0.3, -0.25) is 0 Å². The highest BCUT2D eigenvalue weighted by molar-refractivity contribution is 6.11. The molecule has 6 aromatic rings. The Kier molecular flexibility index (Phi) is 5.53. The van der Waals surface area contributed by atoms with Crippen LogP contribution in [0.25, 0.3) is 54.9 Å². The number of halogens is 4. The molecule has 0 aliphatic heterocycles. The molecule has 0 aliphatic carbocycles. The molecule has 6 aromatic carbocycles. The van der Waals surface area contributed by atoms with Crippen LogP contribution < -0.4 is 0 Å². The molecule has 0 aliphatic rings. The molecule has 2 N–H and O–H groups in total. The summed E-state index contributed by atoms with van der Waals surface area (Å²) < 4.78 is 55.7. The number of phenols is 2. The Labute approximate surface area is 214 Å². The molecule has 6 rings (SSSR count). The van der Waals surface area contributed by atoms with Crippen LogP contribution >= 0.6 is 0 Å². The standard InChI is InChI=1S/C32H18F4O2/c33-23-9-21(10-24(34)15-23)19-3-1-17-5-7-29(37)31(27(17)13-19)32-28-14-20(4-2-18(28)6-8-30(32)38)22-11-25(35)16-26(36)12-22/h1-16,37-38H. The van der Waals surface area contributed by atoms with Crippen molar-refractivity contribution in [1.82, 2.24) is 0 Å². The van der Waals surface area contributed by atoms with E-state index in [1.165, 1.54) is 36.4 Å². The lowest BCUT2D eigenvalue weighted by Crippen LogP contribution is -1.90. The van der Waals surface area contributed by atoms with Gasteiger partial charge in [0.05, 0.1) is 0 Å². The fourth-order valence-electron chi connectivity index (χ4n) is 4.94. The summed E-state index contributed by atoms with van der Waals surface area (Å²) in [5.74, 6) is -3.11. The van der Waals surface area contributed by atoms with E-state index in [9.17, 15) is 27.8 Å². The average molecular weight is 510 g/mol. The highest BCUT2D eigenvalue weighted by Crippen LogP contribution is 2.46. The van der Waals surface area contributed by atoms with Gasteiger partial charge in [0.2, 0.25) is 0 Å². The highest BCUT2D eigenvalue weighted by atomic mass is 19.1. The Morgan fingerprint density at radius 3 is 1.08 bits per heavy atom. The van der Waals surface area contributed by atoms with Gasteiger partial charge in [0, 0.05) is 23.3 Å². The molecule has 0 saturated carbocycles. The van der Waals surface area contributed by atoms with E-state index in [1.807, 2.05) is 0 Å². The van der Waals surface area contributed by atoms with Gasteiger partial charge in [-0.05, 0) is 92.3 Å². The SMILES string of the molecule is Oc1ccc2ccc(-c3cc(F)cc(F)c3)cc2c1-c1c(O)ccc2ccc(-c3cc(F)cc(F)c3)cc12. The zero-order valence-electron chi connectivity index (χ0n) is 19.6. The Hall–Kier alpha value is -4.84. The number of phenolic OH excluding ortho intramolecular Hbond substituents is 2. The van der Waals surface area contributed by atoms with Crippen molar-refractivity contribution in [2.45, 2.75) is 0 Å². The van der Waals surface area contributed by atoms with Gasteiger partial charge in [-0.2, -0.15) is 0 Å². The quantitative estimate of drug-likeness (QED) is 0.233. The first-order chi connectivity index (χ1) is 18.3. The first kappa shape index (κ1) is 23.6. The van der Waals surface area contributed by atoms with Gasteiger partial charge in [0.15, 0.2) is 0 Å². The minimum Gasteiger partial charge on any atom is -0.507 e. The van der Waals surface area contributed by atoms with Crippen LogP contribution in [-0.2, 0) is 0 Å². The van der Waals surface area contributed by atoms with E-state index in [0.29, 0.717) is 44.2 Å². The molecule has 38 heavy (non-hydrogen) atoms. The van der Waals surface area contributed by atoms with Gasteiger partial charge in [-0.15, -0.1) is 0 Å². The summed E-state index contributed by atoms with van der Waals surface area (Å²) in [5.41, 5.74) is 2.28. The van der Waals surface area contributed by atoms with Gasteiger partial charge in [0.1, 0.15) is 34.8 Å². The molecule has 0 fully saturated rings. The average Bonchev–Trinajstić information content (AvgIpc) is 2.87. The summed E-state index contributed by atoms with van der Waals surface area (Å²) in [6.07, 6.45) is 0. The Morgan fingerprint density at radius 2 is 0.711 bits per heavy atom. The van der Waals surface area contributed by atoms with Crippen LogP contribution in [0.2, 0.25) is 0 Å². The topological polar surface area (TPSA) is 40.5 Å². The number of hydrogen-bond acceptors (Lipinski definition) is 2. The van der Waals surface area contributed by atoms with E-state index in [-0.39, 0.29) is 11.5 Å². The molecular weight excluding hydrogens is 492 g/mol. The number of fused-ring (bicyclic) bond motifs is 2. The zero-order valence-corrected chi connectivity index (χ0v) is 19.6. The van der Waals surface area contributed by atoms with E-state index >= 15 is 0 Å². The minimum atomic E-state index is -0.718. The molecule has 0 aromatic heterocycles. The van der Waals surface area contributed by atoms with Crippen molar-refractivity contribution in [3.05, 3.63) is 120 Å². The maximum absolute atomic E-state index is 13.9. The van der Waals surface area contributed by atoms with Crippen LogP contribution in [0.5, 0.6) is 11.5 Å². The molecule has 0 spiro atoms. The van der Waals surface area contributed by atoms with E-state index in [1.54, 1.807) is 48.5 Å². The maximum atomic E-state index is 13.9. The lowest BCUT2D eigenvalue weighted by atomic mass is 9.89. The predicted octanol–water partition coefficient (Wildman–Crippen LogP) is 8.96. The largest absolute Gasteiger partial charge is 0.507 e. The van der Waals surface area contributed by atoms with Crippen molar-refractivity contribution in [1.29, 1.82) is 0 Å². The second-order valence-electron chi connectivity index (χ2n) is 9.11. The van der Waals surface area contributed by atoms with Crippen molar-refractivity contribution < 1.29 is 27.8 Å². The summed E-state index contributed by atoms with van der Waals surface area (Å²) in [7, 11) is 0. The van der Waals surface area contributed by atoms with Crippen molar-refractivity contribution in [2.24, 2.45) is 0 Å². The first-order valence-corrected chi connectivity index (χ1v) is 11.7. The molecule has 0 atom stereocenters. The van der Waals surface area contributed by atoms with Crippen LogP contribution in [0.1, 0.15) is 0 Å². The van der Waals surface area contributed by atoms with E-state index in [0.717, 1.165) is 22.9 Å². The minimum absolute atomic E-state index is 0.120. The van der Waals surface area contributed by atoms with Gasteiger partial charge >= 0.3 is 0 Å². The summed E-state index contributed by atoms with van der Waals surface area (Å²) in [6, 6.07) is 23.2. The Bertz CT molecular complexity index is 1720. The van der Waals surface area contributed by atoms with Gasteiger partial charge in [-0.1, -0.05) is 36.4 Å². The molecule has 6 heteroatoms. The smallest absolute Gasteiger partial charge is 0.126 e. The second-order valence-corrected chi connectivity index (χ2v) is 9.11. The molecule has 0 radical (unpaired) electrons. The second kappa shape index (κ2) is 8.92. The molecule has 0 unspecified atom stereocenters. The fourth-order valence-corrected chi connectivity index (χ4v) is 4.94. The number of rotatable bonds is 3. The summed E-state index contributed by atoms with van der Waals surface area (Å²) in [4.78, 5) is 0. The van der Waals surface area contributed by atoms with Gasteiger partial charge < -0.3 is 10.2 Å². The summed E-state index contributed by atoms with van der Waals surface area (Å²) in [5, 5.41) is 24.6. The molecule has 0 amide bonds. The summed E-state index contributed by atoms with van der Waals surface area (Å²) in [6.45, 7) is 0. The predicted molar refractivity (Wildman–Crippen MR) is 141 cm³/mol. The molecule has 0 saturated heterocycles. The van der Waals surface area contributed by atoms with Crippen LogP contribution in [0.15, 0.2) is 97.1 Å². The lowest BCUT2D eigenvalue weighted by Gasteiger charge is -2.16. The van der Waals surface area contributed by atoms with Crippen LogP contribution in [0.4, 0.5) is 17.6 Å². The van der Waals surface area contributed by atoms with Crippen LogP contribution in [0, 0.1) is 23.3 Å². The van der Waals surface area contributed by atoms with E-state index < -0.39 is 23.3 Å². The van der Waals surface area contributed by atoms with E-state index in [2.05, 4.69) is 0 Å². The molecule has 186 valence electrons. The Morgan fingerprint density at radius 1 is 0.368 bits per heavy atom. The molecular formula is C32H18F4O2. The fraction of sp³-hybridized carbons (Fsp3) is 0. The summed E-state index contributed by atoms with van der Waals surface area (Å²) >= 11 is 0. The lowest BCUT2D eigenvalue weighted by molar-refractivity contribution is 0.470. The van der Waals surface area contributed by atoms with Crippen LogP contribution in [-0.4, -0.2) is 10.2 Å².